The van der Waals surface area contributed by atoms with E-state index in [9.17, 15) is 9.90 Å². The first-order valence-corrected chi connectivity index (χ1v) is 8.59. The molecule has 3 rings (SSSR count). The van der Waals surface area contributed by atoms with E-state index in [1.807, 2.05) is 42.5 Å². The second kappa shape index (κ2) is 7.57. The molecule has 0 atom stereocenters. The van der Waals surface area contributed by atoms with Crippen molar-refractivity contribution in [2.45, 2.75) is 37.8 Å². The highest BCUT2D eigenvalue weighted by molar-refractivity contribution is 6.00. The van der Waals surface area contributed by atoms with Crippen LogP contribution in [0.25, 0.3) is 11.1 Å². The average molecular weight is 340 g/mol. The summed E-state index contributed by atoms with van der Waals surface area (Å²) in [5, 5.41) is 13.0. The first-order chi connectivity index (χ1) is 12.1. The topological polar surface area (TPSA) is 84.6 Å². The Morgan fingerprint density at radius 2 is 1.84 bits per heavy atom. The molecule has 2 aromatic rings. The number of carbonyl (C=O) groups excluding carboxylic acids is 1. The first-order valence-electron chi connectivity index (χ1n) is 8.59. The number of aliphatic hydroxyl groups excluding tert-OH is 1. The summed E-state index contributed by atoms with van der Waals surface area (Å²) < 4.78 is 5.26. The number of primary amides is 1. The zero-order valence-electron chi connectivity index (χ0n) is 14.4. The number of aliphatic hydroxyl groups is 1. The number of nitrogens with one attached hydrogen (secondary N) is 1. The second-order valence-corrected chi connectivity index (χ2v) is 6.51. The number of nitrogens with two attached hydrogens (primary N) is 1. The van der Waals surface area contributed by atoms with E-state index in [1.54, 1.807) is 7.11 Å². The normalized spacial score (nSPS) is 20.1. The minimum Gasteiger partial charge on any atom is -0.497 e. The number of anilines is 1. The van der Waals surface area contributed by atoms with Crippen LogP contribution in [0.4, 0.5) is 5.69 Å². The van der Waals surface area contributed by atoms with Crippen LogP contribution < -0.4 is 15.8 Å². The van der Waals surface area contributed by atoms with Crippen molar-refractivity contribution in [3.8, 4) is 16.9 Å². The molecule has 0 unspecified atom stereocenters. The highest BCUT2D eigenvalue weighted by Gasteiger charge is 2.21. The van der Waals surface area contributed by atoms with E-state index in [0.29, 0.717) is 5.56 Å². The first kappa shape index (κ1) is 17.3. The zero-order valence-corrected chi connectivity index (χ0v) is 14.4. The van der Waals surface area contributed by atoms with Gasteiger partial charge in [0.15, 0.2) is 0 Å². The van der Waals surface area contributed by atoms with Crippen LogP contribution in [0.1, 0.15) is 36.0 Å². The van der Waals surface area contributed by atoms with Crippen LogP contribution in [-0.2, 0) is 0 Å². The third-order valence-electron chi connectivity index (χ3n) is 4.74. The number of carbonyl (C=O) groups is 1. The highest BCUT2D eigenvalue weighted by atomic mass is 16.5. The van der Waals surface area contributed by atoms with Gasteiger partial charge in [-0.25, -0.2) is 0 Å². The van der Waals surface area contributed by atoms with Crippen molar-refractivity contribution in [2.75, 3.05) is 12.4 Å². The summed E-state index contributed by atoms with van der Waals surface area (Å²) in [5.41, 5.74) is 8.71. The van der Waals surface area contributed by atoms with Gasteiger partial charge in [-0.05, 0) is 61.1 Å². The molecule has 1 fully saturated rings. The van der Waals surface area contributed by atoms with Crippen LogP contribution in [0.3, 0.4) is 0 Å². The molecule has 1 aliphatic carbocycles. The van der Waals surface area contributed by atoms with E-state index >= 15 is 0 Å². The van der Waals surface area contributed by atoms with Gasteiger partial charge in [-0.3, -0.25) is 4.79 Å². The fourth-order valence-electron chi connectivity index (χ4n) is 3.30. The Kier molecular flexibility index (Phi) is 5.24. The molecular weight excluding hydrogens is 316 g/mol. The van der Waals surface area contributed by atoms with Gasteiger partial charge >= 0.3 is 0 Å². The van der Waals surface area contributed by atoms with Gasteiger partial charge in [0.05, 0.1) is 18.8 Å². The maximum Gasteiger partial charge on any atom is 0.250 e. The van der Waals surface area contributed by atoms with Gasteiger partial charge in [-0.15, -0.1) is 0 Å². The Morgan fingerprint density at radius 1 is 1.12 bits per heavy atom. The zero-order chi connectivity index (χ0) is 17.8. The lowest BCUT2D eigenvalue weighted by Crippen LogP contribution is -2.29. The predicted molar refractivity (Wildman–Crippen MR) is 98.8 cm³/mol. The Balaban J connectivity index is 1.86. The molecule has 0 spiro atoms. The molecule has 0 bridgehead atoms. The standard InChI is InChI=1S/C20H24N2O3/c1-25-17-4-2-3-13(11-17)14-5-10-19(18(12-14)20(21)24)22-15-6-8-16(23)9-7-15/h2-5,10-12,15-16,22-23H,6-9H2,1H3,(H2,21,24). The highest BCUT2D eigenvalue weighted by Crippen LogP contribution is 2.29. The smallest absolute Gasteiger partial charge is 0.250 e. The van der Waals surface area contributed by atoms with Gasteiger partial charge in [0, 0.05) is 11.7 Å². The lowest BCUT2D eigenvalue weighted by atomic mass is 9.92. The summed E-state index contributed by atoms with van der Waals surface area (Å²) in [6.07, 6.45) is 3.13. The summed E-state index contributed by atoms with van der Waals surface area (Å²) in [4.78, 5) is 11.9. The van der Waals surface area contributed by atoms with Crippen LogP contribution in [0, 0.1) is 0 Å². The van der Waals surface area contributed by atoms with E-state index in [1.165, 1.54) is 0 Å². The quantitative estimate of drug-likeness (QED) is 0.780. The molecule has 1 saturated carbocycles. The Morgan fingerprint density at radius 3 is 2.52 bits per heavy atom. The predicted octanol–water partition coefficient (Wildman–Crippen LogP) is 3.18. The van der Waals surface area contributed by atoms with Crippen LogP contribution in [0.15, 0.2) is 42.5 Å². The van der Waals surface area contributed by atoms with Gasteiger partial charge < -0.3 is 20.9 Å². The molecule has 1 aliphatic rings. The Hall–Kier alpha value is -2.53. The Labute approximate surface area is 147 Å². The molecule has 5 nitrogen and oxygen atoms in total. The number of methoxy groups -OCH3 is 1. The number of amides is 1. The van der Waals surface area contributed by atoms with Crippen LogP contribution in [-0.4, -0.2) is 30.3 Å². The molecule has 0 saturated heterocycles. The van der Waals surface area contributed by atoms with E-state index in [2.05, 4.69) is 5.32 Å². The molecule has 132 valence electrons. The van der Waals surface area contributed by atoms with Crippen molar-refractivity contribution in [3.63, 3.8) is 0 Å². The summed E-state index contributed by atoms with van der Waals surface area (Å²) in [6, 6.07) is 13.6. The van der Waals surface area contributed by atoms with Crippen LogP contribution >= 0.6 is 0 Å². The number of rotatable bonds is 5. The number of hydrogen-bond donors (Lipinski definition) is 3. The molecule has 25 heavy (non-hydrogen) atoms. The van der Waals surface area contributed by atoms with Gasteiger partial charge in [-0.1, -0.05) is 18.2 Å². The largest absolute Gasteiger partial charge is 0.497 e. The molecule has 5 heteroatoms. The summed E-state index contributed by atoms with van der Waals surface area (Å²) in [5.74, 6) is 0.309. The van der Waals surface area contributed by atoms with Crippen molar-refractivity contribution in [1.82, 2.24) is 0 Å². The molecule has 1 amide bonds. The maximum atomic E-state index is 11.9. The molecule has 0 radical (unpaired) electrons. The minimum atomic E-state index is -0.455. The van der Waals surface area contributed by atoms with E-state index in [0.717, 1.165) is 48.2 Å². The molecule has 4 N–H and O–H groups in total. The second-order valence-electron chi connectivity index (χ2n) is 6.51. The van der Waals surface area contributed by atoms with Crippen molar-refractivity contribution in [3.05, 3.63) is 48.0 Å². The van der Waals surface area contributed by atoms with Gasteiger partial charge in [0.2, 0.25) is 0 Å². The van der Waals surface area contributed by atoms with Gasteiger partial charge in [0.25, 0.3) is 5.91 Å². The van der Waals surface area contributed by atoms with Crippen molar-refractivity contribution in [1.29, 1.82) is 0 Å². The fraction of sp³-hybridized carbons (Fsp3) is 0.350. The van der Waals surface area contributed by atoms with Crippen LogP contribution in [0.2, 0.25) is 0 Å². The maximum absolute atomic E-state index is 11.9. The Bertz CT molecular complexity index is 752. The summed E-state index contributed by atoms with van der Waals surface area (Å²) in [6.45, 7) is 0. The summed E-state index contributed by atoms with van der Waals surface area (Å²) >= 11 is 0. The minimum absolute atomic E-state index is 0.205. The average Bonchev–Trinajstić information content (AvgIpc) is 2.64. The third-order valence-corrected chi connectivity index (χ3v) is 4.74. The number of hydrogen-bond acceptors (Lipinski definition) is 4. The van der Waals surface area contributed by atoms with Crippen molar-refractivity contribution in [2.24, 2.45) is 5.73 Å². The van der Waals surface area contributed by atoms with E-state index in [4.69, 9.17) is 10.5 Å². The van der Waals surface area contributed by atoms with E-state index in [-0.39, 0.29) is 12.1 Å². The lowest BCUT2D eigenvalue weighted by molar-refractivity contribution is 0.100. The van der Waals surface area contributed by atoms with Gasteiger partial charge in [-0.2, -0.15) is 0 Å². The molecule has 0 aromatic heterocycles. The molecule has 0 heterocycles. The SMILES string of the molecule is COc1cccc(-c2ccc(NC3CCC(O)CC3)c(C(N)=O)c2)c1. The molecule has 2 aromatic carbocycles. The van der Waals surface area contributed by atoms with Crippen molar-refractivity contribution >= 4 is 11.6 Å². The fourth-order valence-corrected chi connectivity index (χ4v) is 3.30. The molecular formula is C20H24N2O3. The molecule has 0 aliphatic heterocycles. The summed E-state index contributed by atoms with van der Waals surface area (Å²) in [7, 11) is 1.63. The van der Waals surface area contributed by atoms with Gasteiger partial charge in [0.1, 0.15) is 5.75 Å². The van der Waals surface area contributed by atoms with E-state index < -0.39 is 5.91 Å². The van der Waals surface area contributed by atoms with Crippen LogP contribution in [0.5, 0.6) is 5.75 Å². The van der Waals surface area contributed by atoms with Crippen molar-refractivity contribution < 1.29 is 14.6 Å². The lowest BCUT2D eigenvalue weighted by Gasteiger charge is -2.27. The third kappa shape index (κ3) is 4.12. The number of benzene rings is 2. The monoisotopic (exact) mass is 340 g/mol. The number of ether oxygens (including phenoxy) is 1.